The van der Waals surface area contributed by atoms with Crippen LogP contribution >= 0.6 is 11.3 Å². The SMILES string of the molecule is Cc1cn(CCc2nccs2)c(NC2CCCC2)n1. The van der Waals surface area contributed by atoms with Crippen molar-refractivity contribution in [3.63, 3.8) is 0 Å². The second-order valence-electron chi connectivity index (χ2n) is 5.20. The van der Waals surface area contributed by atoms with Gasteiger partial charge in [0.05, 0.1) is 10.7 Å². The van der Waals surface area contributed by atoms with E-state index in [0.29, 0.717) is 6.04 Å². The van der Waals surface area contributed by atoms with Crippen LogP contribution in [0, 0.1) is 6.92 Å². The van der Waals surface area contributed by atoms with Gasteiger partial charge in [0.2, 0.25) is 5.95 Å². The zero-order chi connectivity index (χ0) is 13.1. The van der Waals surface area contributed by atoms with Gasteiger partial charge in [-0.25, -0.2) is 9.97 Å². The first-order valence-corrected chi connectivity index (χ1v) is 7.88. The van der Waals surface area contributed by atoms with Crippen molar-refractivity contribution in [3.05, 3.63) is 28.5 Å². The number of aromatic nitrogens is 3. The number of anilines is 1. The third kappa shape index (κ3) is 3.15. The van der Waals surface area contributed by atoms with E-state index in [4.69, 9.17) is 0 Å². The fourth-order valence-electron chi connectivity index (χ4n) is 2.68. The Bertz CT molecular complexity index is 512. The highest BCUT2D eigenvalue weighted by Gasteiger charge is 2.17. The smallest absolute Gasteiger partial charge is 0.203 e. The van der Waals surface area contributed by atoms with Gasteiger partial charge in [0.25, 0.3) is 0 Å². The van der Waals surface area contributed by atoms with Crippen LogP contribution in [0.25, 0.3) is 0 Å². The van der Waals surface area contributed by atoms with Crippen LogP contribution in [-0.4, -0.2) is 20.6 Å². The van der Waals surface area contributed by atoms with Crippen LogP contribution in [0.1, 0.15) is 36.4 Å². The van der Waals surface area contributed by atoms with E-state index < -0.39 is 0 Å². The first-order valence-electron chi connectivity index (χ1n) is 7.00. The Morgan fingerprint density at radius 3 is 3.00 bits per heavy atom. The van der Waals surface area contributed by atoms with Crippen molar-refractivity contribution in [2.45, 2.75) is 51.6 Å². The Morgan fingerprint density at radius 2 is 2.26 bits per heavy atom. The number of hydrogen-bond donors (Lipinski definition) is 1. The van der Waals surface area contributed by atoms with Gasteiger partial charge < -0.3 is 9.88 Å². The molecule has 5 heteroatoms. The van der Waals surface area contributed by atoms with Crippen LogP contribution in [0.2, 0.25) is 0 Å². The predicted octanol–water partition coefficient (Wildman–Crippen LogP) is 3.25. The third-order valence-corrected chi connectivity index (χ3v) is 4.47. The molecule has 2 heterocycles. The fourth-order valence-corrected chi connectivity index (χ4v) is 3.29. The van der Waals surface area contributed by atoms with Crippen LogP contribution in [0.4, 0.5) is 5.95 Å². The van der Waals surface area contributed by atoms with Crippen molar-refractivity contribution < 1.29 is 0 Å². The third-order valence-electron chi connectivity index (χ3n) is 3.64. The summed E-state index contributed by atoms with van der Waals surface area (Å²) >= 11 is 1.72. The van der Waals surface area contributed by atoms with E-state index >= 15 is 0 Å². The maximum atomic E-state index is 4.61. The standard InChI is InChI=1S/C14H20N4S/c1-11-10-18(8-6-13-15-7-9-19-13)14(16-11)17-12-4-2-3-5-12/h7,9-10,12H,2-6,8H2,1H3,(H,16,17). The zero-order valence-corrected chi connectivity index (χ0v) is 12.1. The molecule has 0 aliphatic heterocycles. The maximum Gasteiger partial charge on any atom is 0.203 e. The molecule has 0 radical (unpaired) electrons. The lowest BCUT2D eigenvalue weighted by Crippen LogP contribution is -2.18. The zero-order valence-electron chi connectivity index (χ0n) is 11.3. The molecule has 2 aromatic rings. The average Bonchev–Trinajstić information content (AvgIpc) is 3.10. The Kier molecular flexibility index (Phi) is 3.82. The van der Waals surface area contributed by atoms with Crippen molar-refractivity contribution in [3.8, 4) is 0 Å². The van der Waals surface area contributed by atoms with Crippen molar-refractivity contribution in [2.24, 2.45) is 0 Å². The van der Waals surface area contributed by atoms with Gasteiger partial charge in [-0.15, -0.1) is 11.3 Å². The van der Waals surface area contributed by atoms with Gasteiger partial charge in [0.15, 0.2) is 0 Å². The molecule has 2 aromatic heterocycles. The summed E-state index contributed by atoms with van der Waals surface area (Å²) in [6.07, 6.45) is 10.2. The molecule has 1 aliphatic rings. The summed E-state index contributed by atoms with van der Waals surface area (Å²) in [6, 6.07) is 0.611. The van der Waals surface area contributed by atoms with E-state index in [0.717, 1.165) is 24.6 Å². The summed E-state index contributed by atoms with van der Waals surface area (Å²) in [7, 11) is 0. The molecule has 0 atom stereocenters. The molecule has 102 valence electrons. The second kappa shape index (κ2) is 5.74. The van der Waals surface area contributed by atoms with Crippen LogP contribution in [0.5, 0.6) is 0 Å². The highest BCUT2D eigenvalue weighted by atomic mass is 32.1. The van der Waals surface area contributed by atoms with E-state index in [2.05, 4.69) is 33.0 Å². The molecule has 0 saturated heterocycles. The normalized spacial score (nSPS) is 16.1. The molecule has 0 bridgehead atoms. The molecule has 3 rings (SSSR count). The topological polar surface area (TPSA) is 42.7 Å². The Labute approximate surface area is 117 Å². The first kappa shape index (κ1) is 12.7. The summed E-state index contributed by atoms with van der Waals surface area (Å²) < 4.78 is 2.23. The molecule has 1 saturated carbocycles. The summed E-state index contributed by atoms with van der Waals surface area (Å²) in [5.74, 6) is 1.03. The highest BCUT2D eigenvalue weighted by Crippen LogP contribution is 2.22. The summed E-state index contributed by atoms with van der Waals surface area (Å²) in [6.45, 7) is 3.00. The fraction of sp³-hybridized carbons (Fsp3) is 0.571. The molecular formula is C14H20N4S. The average molecular weight is 276 g/mol. The van der Waals surface area contributed by atoms with Gasteiger partial charge in [-0.05, 0) is 19.8 Å². The summed E-state index contributed by atoms with van der Waals surface area (Å²) in [4.78, 5) is 8.94. The molecule has 0 amide bonds. The Morgan fingerprint density at radius 1 is 1.42 bits per heavy atom. The number of nitrogens with zero attached hydrogens (tertiary/aromatic N) is 3. The van der Waals surface area contributed by atoms with Gasteiger partial charge in [-0.2, -0.15) is 0 Å². The lowest BCUT2D eigenvalue weighted by atomic mass is 10.2. The second-order valence-corrected chi connectivity index (χ2v) is 6.18. The maximum absolute atomic E-state index is 4.61. The quantitative estimate of drug-likeness (QED) is 0.911. The van der Waals surface area contributed by atoms with E-state index in [1.165, 1.54) is 30.7 Å². The minimum absolute atomic E-state index is 0.611. The summed E-state index contributed by atoms with van der Waals surface area (Å²) in [5.41, 5.74) is 1.08. The molecule has 0 aromatic carbocycles. The lowest BCUT2D eigenvalue weighted by molar-refractivity contribution is 0.672. The lowest BCUT2D eigenvalue weighted by Gasteiger charge is -2.14. The number of nitrogens with one attached hydrogen (secondary N) is 1. The molecule has 1 aliphatic carbocycles. The molecule has 0 unspecified atom stereocenters. The van der Waals surface area contributed by atoms with Gasteiger partial charge >= 0.3 is 0 Å². The molecule has 0 spiro atoms. The van der Waals surface area contributed by atoms with E-state index in [-0.39, 0.29) is 0 Å². The van der Waals surface area contributed by atoms with Gasteiger partial charge in [0.1, 0.15) is 0 Å². The minimum Gasteiger partial charge on any atom is -0.353 e. The minimum atomic E-state index is 0.611. The number of aryl methyl sites for hydroxylation is 3. The van der Waals surface area contributed by atoms with Gasteiger partial charge in [0, 0.05) is 36.8 Å². The first-order chi connectivity index (χ1) is 9.31. The van der Waals surface area contributed by atoms with Crippen LogP contribution in [-0.2, 0) is 13.0 Å². The summed E-state index contributed by atoms with van der Waals surface area (Å²) in [5, 5.41) is 6.82. The molecular weight excluding hydrogens is 256 g/mol. The number of imidazole rings is 1. The molecule has 1 N–H and O–H groups in total. The van der Waals surface area contributed by atoms with Crippen LogP contribution in [0.3, 0.4) is 0 Å². The van der Waals surface area contributed by atoms with Crippen molar-refractivity contribution in [1.29, 1.82) is 0 Å². The number of thiazole rings is 1. The largest absolute Gasteiger partial charge is 0.353 e. The van der Waals surface area contributed by atoms with Crippen LogP contribution in [0.15, 0.2) is 17.8 Å². The highest BCUT2D eigenvalue weighted by molar-refractivity contribution is 7.09. The van der Waals surface area contributed by atoms with E-state index in [1.807, 2.05) is 11.6 Å². The monoisotopic (exact) mass is 276 g/mol. The molecule has 1 fully saturated rings. The van der Waals surface area contributed by atoms with Gasteiger partial charge in [-0.3, -0.25) is 0 Å². The van der Waals surface area contributed by atoms with E-state index in [1.54, 1.807) is 11.3 Å². The van der Waals surface area contributed by atoms with Gasteiger partial charge in [-0.1, -0.05) is 12.8 Å². The molecule has 4 nitrogen and oxygen atoms in total. The predicted molar refractivity (Wildman–Crippen MR) is 78.7 cm³/mol. The van der Waals surface area contributed by atoms with E-state index in [9.17, 15) is 0 Å². The van der Waals surface area contributed by atoms with Crippen molar-refractivity contribution >= 4 is 17.3 Å². The number of rotatable bonds is 5. The van der Waals surface area contributed by atoms with Crippen molar-refractivity contribution in [2.75, 3.05) is 5.32 Å². The Balaban J connectivity index is 1.66. The molecule has 19 heavy (non-hydrogen) atoms. The number of hydrogen-bond acceptors (Lipinski definition) is 4. The van der Waals surface area contributed by atoms with Crippen LogP contribution < -0.4 is 5.32 Å². The Hall–Kier alpha value is -1.36. The van der Waals surface area contributed by atoms with Crippen molar-refractivity contribution in [1.82, 2.24) is 14.5 Å².